The van der Waals surface area contributed by atoms with Crippen molar-refractivity contribution in [2.75, 3.05) is 26.1 Å². The Hall–Kier alpha value is -5.06. The lowest BCUT2D eigenvalue weighted by molar-refractivity contribution is -0.120. The maximum Gasteiger partial charge on any atom is 0.260 e. The van der Waals surface area contributed by atoms with Crippen molar-refractivity contribution in [3.63, 3.8) is 0 Å². The van der Waals surface area contributed by atoms with E-state index in [2.05, 4.69) is 20.6 Å². The summed E-state index contributed by atoms with van der Waals surface area (Å²) in [5.74, 6) is -1.10. The summed E-state index contributed by atoms with van der Waals surface area (Å²) in [4.78, 5) is 36.3. The third kappa shape index (κ3) is 5.90. The molecule has 1 unspecified atom stereocenters. The monoisotopic (exact) mass is 601 g/mol. The molecule has 6 rings (SSSR count). The number of fused-ring (bicyclic) bond motifs is 1. The topological polar surface area (TPSA) is 106 Å². The molecule has 11 heteroatoms. The zero-order chi connectivity index (χ0) is 31.4. The second-order valence-corrected chi connectivity index (χ2v) is 10.0. The number of amides is 2. The Labute approximate surface area is 254 Å². The predicted molar refractivity (Wildman–Crippen MR) is 162 cm³/mol. The zero-order valence-electron chi connectivity index (χ0n) is 24.9. The standard InChI is InChI=1S/C31H27F2N5O4.C2H6/c1-41-20-11-8-18(25(14-20)42-2)15-38-16-24-27(31(38)40)29(37-28(36-24)26-22(32)4-3-5-23(26)33)35-19-9-6-17(7-10-19)21-12-13-34-30(21)39;1-2/h3-11,14,21H,12-13,15-16H2,1-2H3,(H,34,39)(H,35,36,37);1-2H3. The Morgan fingerprint density at radius 3 is 2.32 bits per heavy atom. The second kappa shape index (κ2) is 13.1. The minimum atomic E-state index is -0.816. The van der Waals surface area contributed by atoms with Crippen LogP contribution in [0.4, 0.5) is 20.3 Å². The van der Waals surface area contributed by atoms with E-state index in [0.29, 0.717) is 35.8 Å². The van der Waals surface area contributed by atoms with E-state index in [1.165, 1.54) is 13.2 Å². The van der Waals surface area contributed by atoms with Gasteiger partial charge in [-0.25, -0.2) is 18.7 Å². The van der Waals surface area contributed by atoms with Gasteiger partial charge in [0.05, 0.1) is 44.5 Å². The average Bonchev–Trinajstić information content (AvgIpc) is 3.61. The fourth-order valence-corrected chi connectivity index (χ4v) is 5.33. The minimum absolute atomic E-state index is 0.0138. The molecule has 2 aliphatic heterocycles. The van der Waals surface area contributed by atoms with Gasteiger partial charge in [0, 0.05) is 23.9 Å². The Kier molecular flexibility index (Phi) is 9.03. The van der Waals surface area contributed by atoms with Gasteiger partial charge >= 0.3 is 0 Å². The largest absolute Gasteiger partial charge is 0.497 e. The number of benzene rings is 3. The van der Waals surface area contributed by atoms with E-state index in [1.54, 1.807) is 36.3 Å². The quantitative estimate of drug-likeness (QED) is 0.256. The lowest BCUT2D eigenvalue weighted by atomic mass is 9.97. The number of anilines is 2. The van der Waals surface area contributed by atoms with Crippen LogP contribution in [0.1, 0.15) is 53.4 Å². The Bertz CT molecular complexity index is 1680. The third-order valence-electron chi connectivity index (χ3n) is 7.49. The number of aromatic nitrogens is 2. The van der Waals surface area contributed by atoms with Crippen LogP contribution in [0.3, 0.4) is 0 Å². The average molecular weight is 602 g/mol. The van der Waals surface area contributed by atoms with Crippen LogP contribution in [-0.2, 0) is 17.9 Å². The van der Waals surface area contributed by atoms with Crippen LogP contribution in [-0.4, -0.2) is 47.4 Å². The summed E-state index contributed by atoms with van der Waals surface area (Å²) in [6.07, 6.45) is 0.714. The summed E-state index contributed by atoms with van der Waals surface area (Å²) in [7, 11) is 3.09. The summed E-state index contributed by atoms with van der Waals surface area (Å²) < 4.78 is 40.3. The molecule has 2 aliphatic rings. The number of carbonyl (C=O) groups excluding carboxylic acids is 2. The molecule has 0 aliphatic carbocycles. The molecule has 2 amide bonds. The molecule has 1 atom stereocenters. The van der Waals surface area contributed by atoms with Gasteiger partial charge in [0.1, 0.15) is 34.5 Å². The molecule has 228 valence electrons. The molecule has 4 aromatic rings. The van der Waals surface area contributed by atoms with E-state index in [-0.39, 0.29) is 53.6 Å². The van der Waals surface area contributed by atoms with Gasteiger partial charge in [0.25, 0.3) is 5.91 Å². The molecule has 3 heterocycles. The molecule has 2 N–H and O–H groups in total. The highest BCUT2D eigenvalue weighted by molar-refractivity contribution is 6.03. The van der Waals surface area contributed by atoms with Gasteiger partial charge in [-0.1, -0.05) is 32.0 Å². The van der Waals surface area contributed by atoms with Crippen molar-refractivity contribution in [2.45, 2.75) is 39.3 Å². The summed E-state index contributed by atoms with van der Waals surface area (Å²) in [6.45, 7) is 4.93. The van der Waals surface area contributed by atoms with Crippen molar-refractivity contribution in [3.05, 3.63) is 94.7 Å². The highest BCUT2D eigenvalue weighted by Gasteiger charge is 2.35. The van der Waals surface area contributed by atoms with E-state index < -0.39 is 11.6 Å². The number of halogens is 2. The SMILES string of the molecule is CC.COc1ccc(CN2Cc3nc(-c4c(F)cccc4F)nc(Nc4ccc(C5CCNC5=O)cc4)c3C2=O)c(OC)c1. The molecule has 1 saturated heterocycles. The van der Waals surface area contributed by atoms with Gasteiger partial charge in [0.2, 0.25) is 5.91 Å². The summed E-state index contributed by atoms with van der Waals surface area (Å²) in [6, 6.07) is 16.1. The van der Waals surface area contributed by atoms with Gasteiger partial charge in [-0.2, -0.15) is 0 Å². The summed E-state index contributed by atoms with van der Waals surface area (Å²) >= 11 is 0. The number of nitrogens with zero attached hydrogens (tertiary/aromatic N) is 3. The first-order valence-corrected chi connectivity index (χ1v) is 14.4. The van der Waals surface area contributed by atoms with E-state index in [9.17, 15) is 18.4 Å². The predicted octanol–water partition coefficient (Wildman–Crippen LogP) is 5.97. The highest BCUT2D eigenvalue weighted by Crippen LogP contribution is 2.35. The fraction of sp³-hybridized carbons (Fsp3) is 0.273. The van der Waals surface area contributed by atoms with Crippen molar-refractivity contribution in [1.29, 1.82) is 0 Å². The smallest absolute Gasteiger partial charge is 0.260 e. The van der Waals surface area contributed by atoms with Crippen LogP contribution < -0.4 is 20.1 Å². The molecule has 0 bridgehead atoms. The van der Waals surface area contributed by atoms with E-state index in [0.717, 1.165) is 23.3 Å². The van der Waals surface area contributed by atoms with Crippen molar-refractivity contribution < 1.29 is 27.8 Å². The summed E-state index contributed by atoms with van der Waals surface area (Å²) in [5.41, 5.74) is 2.36. The number of hydrogen-bond donors (Lipinski definition) is 2. The molecular formula is C33H33F2N5O4. The molecule has 0 spiro atoms. The maximum absolute atomic E-state index is 14.8. The number of hydrogen-bond acceptors (Lipinski definition) is 7. The molecule has 0 saturated carbocycles. The van der Waals surface area contributed by atoms with Crippen LogP contribution in [0.5, 0.6) is 11.5 Å². The number of ether oxygens (including phenoxy) is 2. The third-order valence-corrected chi connectivity index (χ3v) is 7.49. The van der Waals surface area contributed by atoms with Crippen molar-refractivity contribution in [1.82, 2.24) is 20.2 Å². The lowest BCUT2D eigenvalue weighted by Gasteiger charge is -2.18. The molecular weight excluding hydrogens is 568 g/mol. The number of rotatable bonds is 8. The lowest BCUT2D eigenvalue weighted by Crippen LogP contribution is -2.24. The van der Waals surface area contributed by atoms with Gasteiger partial charge in [-0.3, -0.25) is 9.59 Å². The Balaban J connectivity index is 0.00000188. The van der Waals surface area contributed by atoms with Gasteiger partial charge in [0.15, 0.2) is 5.82 Å². The first-order valence-electron chi connectivity index (χ1n) is 14.4. The normalized spacial score (nSPS) is 15.3. The minimum Gasteiger partial charge on any atom is -0.497 e. The van der Waals surface area contributed by atoms with Crippen LogP contribution in [0.25, 0.3) is 11.4 Å². The van der Waals surface area contributed by atoms with E-state index in [4.69, 9.17) is 9.47 Å². The van der Waals surface area contributed by atoms with Gasteiger partial charge in [-0.15, -0.1) is 0 Å². The van der Waals surface area contributed by atoms with E-state index >= 15 is 0 Å². The van der Waals surface area contributed by atoms with Gasteiger partial charge in [-0.05, 0) is 48.4 Å². The maximum atomic E-state index is 14.8. The number of carbonyl (C=O) groups is 2. The van der Waals surface area contributed by atoms with Crippen molar-refractivity contribution in [2.24, 2.45) is 0 Å². The number of methoxy groups -OCH3 is 2. The Morgan fingerprint density at radius 2 is 1.68 bits per heavy atom. The first kappa shape index (κ1) is 30.4. The van der Waals surface area contributed by atoms with Crippen LogP contribution >= 0.6 is 0 Å². The second-order valence-electron chi connectivity index (χ2n) is 10.0. The zero-order valence-corrected chi connectivity index (χ0v) is 24.9. The van der Waals surface area contributed by atoms with Crippen molar-refractivity contribution in [3.8, 4) is 22.9 Å². The van der Waals surface area contributed by atoms with Crippen LogP contribution in [0.2, 0.25) is 0 Å². The highest BCUT2D eigenvalue weighted by atomic mass is 19.1. The van der Waals surface area contributed by atoms with Crippen molar-refractivity contribution >= 4 is 23.3 Å². The van der Waals surface area contributed by atoms with Crippen LogP contribution in [0.15, 0.2) is 60.7 Å². The van der Waals surface area contributed by atoms with Crippen LogP contribution in [0, 0.1) is 11.6 Å². The first-order chi connectivity index (χ1) is 21.4. The molecule has 1 aromatic heterocycles. The molecule has 3 aromatic carbocycles. The summed E-state index contributed by atoms with van der Waals surface area (Å²) in [5, 5.41) is 5.98. The fourth-order valence-electron chi connectivity index (χ4n) is 5.33. The molecule has 9 nitrogen and oxygen atoms in total. The van der Waals surface area contributed by atoms with E-state index in [1.807, 2.05) is 32.0 Å². The molecule has 0 radical (unpaired) electrons. The molecule has 44 heavy (non-hydrogen) atoms. The Morgan fingerprint density at radius 1 is 0.955 bits per heavy atom. The number of nitrogens with one attached hydrogen (secondary N) is 2. The van der Waals surface area contributed by atoms with Gasteiger partial charge < -0.3 is 25.0 Å². The molecule has 1 fully saturated rings.